The first-order valence-electron chi connectivity index (χ1n) is 10.1. The fourth-order valence-electron chi connectivity index (χ4n) is 3.68. The van der Waals surface area contributed by atoms with E-state index in [-0.39, 0.29) is 12.2 Å². The number of anilines is 3. The average molecular weight is 407 g/mol. The molecule has 4 rings (SSSR count). The number of H-pyrrole nitrogens is 1. The van der Waals surface area contributed by atoms with Crippen LogP contribution in [0.5, 0.6) is 0 Å². The predicted octanol–water partition coefficient (Wildman–Crippen LogP) is 2.26. The number of fused-ring (bicyclic) bond motifs is 1. The smallest absolute Gasteiger partial charge is 0.277 e. The number of hydrogen-bond acceptors (Lipinski definition) is 8. The zero-order valence-electron chi connectivity index (χ0n) is 16.9. The molecule has 0 unspecified atom stereocenters. The van der Waals surface area contributed by atoms with Gasteiger partial charge in [0.25, 0.3) is 5.56 Å². The topological polar surface area (TPSA) is 119 Å². The third-order valence-electron chi connectivity index (χ3n) is 5.42. The standard InChI is InChI=1S/C21H25N7O2/c1-22-9-6-14-7-10-28(11-8-14)21-25-17-12-23-27-20(30)18(17)19(26-21)24-16-4-2-15(13-29)3-5-16/h2-5,9,12,14,29H,6-8,10-11,13H2,1H3,(H,27,30)(H,24,25,26). The van der Waals surface area contributed by atoms with Crippen molar-refractivity contribution in [3.63, 3.8) is 0 Å². The average Bonchev–Trinajstić information content (AvgIpc) is 2.78. The summed E-state index contributed by atoms with van der Waals surface area (Å²) >= 11 is 0. The second-order valence-electron chi connectivity index (χ2n) is 7.42. The highest BCUT2D eigenvalue weighted by molar-refractivity contribution is 5.90. The van der Waals surface area contributed by atoms with Gasteiger partial charge in [-0.2, -0.15) is 10.1 Å². The van der Waals surface area contributed by atoms with Crippen molar-refractivity contribution >= 4 is 34.6 Å². The number of nitrogens with zero attached hydrogens (tertiary/aromatic N) is 5. The van der Waals surface area contributed by atoms with Crippen LogP contribution in [0, 0.1) is 5.92 Å². The molecule has 0 amide bonds. The van der Waals surface area contributed by atoms with Gasteiger partial charge in [-0.1, -0.05) is 12.1 Å². The van der Waals surface area contributed by atoms with Crippen LogP contribution in [-0.4, -0.2) is 51.6 Å². The lowest BCUT2D eigenvalue weighted by atomic mass is 9.94. The summed E-state index contributed by atoms with van der Waals surface area (Å²) in [5.74, 6) is 1.65. The van der Waals surface area contributed by atoms with Gasteiger partial charge in [-0.15, -0.1) is 0 Å². The molecule has 1 aromatic carbocycles. The van der Waals surface area contributed by atoms with Crippen LogP contribution in [0.4, 0.5) is 17.5 Å². The molecule has 30 heavy (non-hydrogen) atoms. The normalized spacial score (nSPS) is 15.2. The summed E-state index contributed by atoms with van der Waals surface area (Å²) in [6.07, 6.45) is 6.62. The molecule has 9 heteroatoms. The summed E-state index contributed by atoms with van der Waals surface area (Å²) < 4.78 is 0. The molecule has 0 aliphatic carbocycles. The minimum absolute atomic E-state index is 0.0216. The van der Waals surface area contributed by atoms with Crippen molar-refractivity contribution in [1.82, 2.24) is 20.2 Å². The molecule has 156 valence electrons. The minimum Gasteiger partial charge on any atom is -0.392 e. The highest BCUT2D eigenvalue weighted by Crippen LogP contribution is 2.27. The summed E-state index contributed by atoms with van der Waals surface area (Å²) in [4.78, 5) is 28.0. The van der Waals surface area contributed by atoms with E-state index in [9.17, 15) is 9.90 Å². The van der Waals surface area contributed by atoms with Crippen LogP contribution in [0.15, 0.2) is 40.2 Å². The Bertz CT molecular complexity index is 1090. The first-order valence-corrected chi connectivity index (χ1v) is 10.1. The number of aromatic nitrogens is 4. The van der Waals surface area contributed by atoms with Gasteiger partial charge < -0.3 is 20.3 Å². The predicted molar refractivity (Wildman–Crippen MR) is 118 cm³/mol. The molecule has 3 aromatic rings. The maximum Gasteiger partial charge on any atom is 0.277 e. The molecule has 1 saturated heterocycles. The van der Waals surface area contributed by atoms with Gasteiger partial charge in [-0.05, 0) is 49.1 Å². The van der Waals surface area contributed by atoms with Gasteiger partial charge in [-0.25, -0.2) is 10.1 Å². The van der Waals surface area contributed by atoms with E-state index in [1.54, 1.807) is 13.2 Å². The molecule has 1 aliphatic rings. The molecule has 2 aromatic heterocycles. The zero-order valence-corrected chi connectivity index (χ0v) is 16.9. The van der Waals surface area contributed by atoms with Gasteiger partial charge in [0.15, 0.2) is 0 Å². The van der Waals surface area contributed by atoms with Crippen LogP contribution in [0.3, 0.4) is 0 Å². The van der Waals surface area contributed by atoms with Crippen LogP contribution in [0.25, 0.3) is 10.9 Å². The Balaban J connectivity index is 1.64. The Morgan fingerprint density at radius 1 is 1.27 bits per heavy atom. The number of aromatic amines is 1. The number of hydrogen-bond donors (Lipinski definition) is 3. The van der Waals surface area contributed by atoms with Gasteiger partial charge in [0.05, 0.1) is 12.8 Å². The Morgan fingerprint density at radius 2 is 2.03 bits per heavy atom. The van der Waals surface area contributed by atoms with Crippen molar-refractivity contribution in [2.45, 2.75) is 25.9 Å². The molecule has 3 heterocycles. The van der Waals surface area contributed by atoms with E-state index in [1.807, 2.05) is 30.5 Å². The van der Waals surface area contributed by atoms with Gasteiger partial charge in [-0.3, -0.25) is 4.79 Å². The van der Waals surface area contributed by atoms with E-state index in [1.165, 1.54) is 0 Å². The first kappa shape index (κ1) is 20.0. The largest absolute Gasteiger partial charge is 0.392 e. The monoisotopic (exact) mass is 407 g/mol. The van der Waals surface area contributed by atoms with Crippen LogP contribution in [0.2, 0.25) is 0 Å². The number of aliphatic hydroxyl groups is 1. The van der Waals surface area contributed by atoms with E-state index in [0.717, 1.165) is 43.6 Å². The van der Waals surface area contributed by atoms with Crippen molar-refractivity contribution in [2.75, 3.05) is 30.4 Å². The van der Waals surface area contributed by atoms with Gasteiger partial charge in [0.1, 0.15) is 16.7 Å². The van der Waals surface area contributed by atoms with E-state index in [2.05, 4.69) is 30.4 Å². The molecule has 3 N–H and O–H groups in total. The van der Waals surface area contributed by atoms with Crippen molar-refractivity contribution in [2.24, 2.45) is 10.9 Å². The van der Waals surface area contributed by atoms with E-state index in [0.29, 0.717) is 28.6 Å². The summed E-state index contributed by atoms with van der Waals surface area (Å²) in [7, 11) is 1.81. The van der Waals surface area contributed by atoms with E-state index >= 15 is 0 Å². The molecule has 0 radical (unpaired) electrons. The molecule has 0 spiro atoms. The summed E-state index contributed by atoms with van der Waals surface area (Å²) in [6.45, 7) is 1.69. The van der Waals surface area contributed by atoms with Gasteiger partial charge >= 0.3 is 0 Å². The Kier molecular flexibility index (Phi) is 5.99. The van der Waals surface area contributed by atoms with Gasteiger partial charge in [0, 0.05) is 25.8 Å². The molecule has 0 bridgehead atoms. The first-order chi connectivity index (χ1) is 14.7. The maximum atomic E-state index is 12.4. The molecule has 1 aliphatic heterocycles. The molecule has 1 fully saturated rings. The second kappa shape index (κ2) is 9.00. The SMILES string of the molecule is CN=CCC1CCN(c2nc(Nc3ccc(CO)cc3)c3c(=O)[nH]ncc3n2)CC1. The zero-order chi connectivity index (χ0) is 20.9. The lowest BCUT2D eigenvalue weighted by Gasteiger charge is -2.31. The quantitative estimate of drug-likeness (QED) is 0.536. The Hall–Kier alpha value is -3.33. The second-order valence-corrected chi connectivity index (χ2v) is 7.42. The number of aliphatic hydroxyl groups excluding tert-OH is 1. The lowest BCUT2D eigenvalue weighted by Crippen LogP contribution is -2.35. The van der Waals surface area contributed by atoms with Crippen LogP contribution in [-0.2, 0) is 6.61 Å². The Morgan fingerprint density at radius 3 is 2.73 bits per heavy atom. The van der Waals surface area contributed by atoms with E-state index in [4.69, 9.17) is 4.98 Å². The Labute approximate surface area is 173 Å². The van der Waals surface area contributed by atoms with Crippen LogP contribution in [0.1, 0.15) is 24.8 Å². The highest BCUT2D eigenvalue weighted by Gasteiger charge is 2.22. The van der Waals surface area contributed by atoms with E-state index < -0.39 is 0 Å². The highest BCUT2D eigenvalue weighted by atomic mass is 16.3. The molecule has 0 atom stereocenters. The van der Waals surface area contributed by atoms with Gasteiger partial charge in [0.2, 0.25) is 5.95 Å². The van der Waals surface area contributed by atoms with Crippen molar-refractivity contribution in [1.29, 1.82) is 0 Å². The number of piperidine rings is 1. The van der Waals surface area contributed by atoms with Crippen molar-refractivity contribution in [3.8, 4) is 0 Å². The summed E-state index contributed by atoms with van der Waals surface area (Å²) in [6, 6.07) is 7.33. The van der Waals surface area contributed by atoms with Crippen molar-refractivity contribution in [3.05, 3.63) is 46.4 Å². The number of rotatable bonds is 6. The van der Waals surface area contributed by atoms with Crippen LogP contribution < -0.4 is 15.8 Å². The summed E-state index contributed by atoms with van der Waals surface area (Å²) in [5, 5.41) is 19.2. The fraction of sp³-hybridized carbons (Fsp3) is 0.381. The van der Waals surface area contributed by atoms with Crippen molar-refractivity contribution < 1.29 is 5.11 Å². The number of benzene rings is 1. The molecule has 9 nitrogen and oxygen atoms in total. The fourth-order valence-corrected chi connectivity index (χ4v) is 3.68. The third kappa shape index (κ3) is 4.30. The molecular formula is C21H25N7O2. The summed E-state index contributed by atoms with van der Waals surface area (Å²) in [5.41, 5.74) is 1.74. The third-order valence-corrected chi connectivity index (χ3v) is 5.42. The van der Waals surface area contributed by atoms with Crippen LogP contribution >= 0.6 is 0 Å². The molecule has 0 saturated carbocycles. The maximum absolute atomic E-state index is 12.4. The lowest BCUT2D eigenvalue weighted by molar-refractivity contribution is 0.282. The number of nitrogens with one attached hydrogen (secondary N) is 2. The molecular weight excluding hydrogens is 382 g/mol. The minimum atomic E-state index is -0.342. The number of aliphatic imine (C=N–C) groups is 1.